The summed E-state index contributed by atoms with van der Waals surface area (Å²) in [7, 11) is 0. The minimum Gasteiger partial charge on any atom is -0.384 e. The van der Waals surface area contributed by atoms with Crippen LogP contribution in [-0.2, 0) is 0 Å². The van der Waals surface area contributed by atoms with Gasteiger partial charge in [-0.05, 0) is 18.1 Å². The third kappa shape index (κ3) is 15.7. The first-order valence-corrected chi connectivity index (χ1v) is 9.07. The summed E-state index contributed by atoms with van der Waals surface area (Å²) >= 11 is 0. The summed E-state index contributed by atoms with van der Waals surface area (Å²) < 4.78 is 0. The van der Waals surface area contributed by atoms with Gasteiger partial charge in [-0.15, -0.1) is 0 Å². The Balaban J connectivity index is -0.000000118. The number of hydrogen-bond donors (Lipinski definition) is 1. The van der Waals surface area contributed by atoms with E-state index in [4.69, 9.17) is 0 Å². The van der Waals surface area contributed by atoms with Crippen LogP contribution >= 0.6 is 0 Å². The lowest BCUT2D eigenvalue weighted by molar-refractivity contribution is 0.220. The Morgan fingerprint density at radius 2 is 0.880 bits per heavy atom. The molecule has 2 aromatic rings. The van der Waals surface area contributed by atoms with E-state index in [2.05, 4.69) is 0 Å². The molecule has 0 aliphatic carbocycles. The fourth-order valence-electron chi connectivity index (χ4n) is 1.58. The zero-order valence-corrected chi connectivity index (χ0v) is 16.7. The van der Waals surface area contributed by atoms with Crippen LogP contribution in [0.5, 0.6) is 0 Å². The van der Waals surface area contributed by atoms with E-state index in [1.165, 1.54) is 5.56 Å². The van der Waals surface area contributed by atoms with Gasteiger partial charge in [-0.2, -0.15) is 0 Å². The van der Waals surface area contributed by atoms with Gasteiger partial charge in [0.25, 0.3) is 0 Å². The molecule has 0 aliphatic heterocycles. The molecular weight excluding hydrogens is 304 g/mol. The van der Waals surface area contributed by atoms with Crippen LogP contribution in [0.2, 0.25) is 0 Å². The summed E-state index contributed by atoms with van der Waals surface area (Å²) in [5.74, 6) is 0. The van der Waals surface area contributed by atoms with Gasteiger partial charge in [0.2, 0.25) is 0 Å². The molecule has 0 aliphatic rings. The van der Waals surface area contributed by atoms with Crippen molar-refractivity contribution in [2.24, 2.45) is 0 Å². The third-order valence-electron chi connectivity index (χ3n) is 2.51. The summed E-state index contributed by atoms with van der Waals surface area (Å²) in [6.45, 7) is 18.0. The highest BCUT2D eigenvalue weighted by molar-refractivity contribution is 5.31. The molecular formula is C24H46O. The molecule has 0 bridgehead atoms. The topological polar surface area (TPSA) is 20.2 Å². The van der Waals surface area contributed by atoms with E-state index in [9.17, 15) is 5.11 Å². The van der Waals surface area contributed by atoms with Crippen LogP contribution in [0, 0.1) is 6.92 Å². The Kier molecular flexibility index (Phi) is 37.8. The normalized spacial score (nSPS) is 8.40. The van der Waals surface area contributed by atoms with Gasteiger partial charge in [0, 0.05) is 0 Å². The number of aryl methyl sites for hydroxylation is 1. The minimum absolute atomic E-state index is 0. The van der Waals surface area contributed by atoms with Crippen LogP contribution in [0.3, 0.4) is 0 Å². The van der Waals surface area contributed by atoms with Gasteiger partial charge in [0.15, 0.2) is 0 Å². The Bertz CT molecular complexity index is 418. The van der Waals surface area contributed by atoms with Crippen molar-refractivity contribution >= 4 is 0 Å². The fourth-order valence-corrected chi connectivity index (χ4v) is 1.58. The van der Waals surface area contributed by atoms with Crippen molar-refractivity contribution in [1.29, 1.82) is 0 Å². The van der Waals surface area contributed by atoms with Crippen molar-refractivity contribution in [3.63, 3.8) is 0 Å². The zero-order chi connectivity index (χ0) is 18.7. The Labute approximate surface area is 160 Å². The first-order chi connectivity index (χ1) is 11.3. The Morgan fingerprint density at radius 1 is 0.560 bits per heavy atom. The Morgan fingerprint density at radius 3 is 1.24 bits per heavy atom. The summed E-state index contributed by atoms with van der Waals surface area (Å²) in [6.07, 6.45) is -0.521. The van der Waals surface area contributed by atoms with Gasteiger partial charge >= 0.3 is 0 Å². The molecule has 0 spiro atoms. The van der Waals surface area contributed by atoms with Gasteiger partial charge in [0.1, 0.15) is 6.10 Å². The fraction of sp³-hybridized carbons (Fsp3) is 0.500. The highest BCUT2D eigenvalue weighted by atomic mass is 16.3. The van der Waals surface area contributed by atoms with Gasteiger partial charge < -0.3 is 5.11 Å². The lowest BCUT2D eigenvalue weighted by Gasteiger charge is -2.11. The van der Waals surface area contributed by atoms with Crippen LogP contribution in [0.4, 0.5) is 0 Å². The van der Waals surface area contributed by atoms with E-state index in [-0.39, 0.29) is 14.9 Å². The highest BCUT2D eigenvalue weighted by Crippen LogP contribution is 2.21. The Hall–Kier alpha value is -1.60. The molecule has 25 heavy (non-hydrogen) atoms. The smallest absolute Gasteiger partial charge is 0.104 e. The second-order valence-corrected chi connectivity index (χ2v) is 3.72. The monoisotopic (exact) mass is 350 g/mol. The van der Waals surface area contributed by atoms with E-state index in [1.54, 1.807) is 0 Å². The molecule has 0 saturated heterocycles. The van der Waals surface area contributed by atoms with Crippen molar-refractivity contribution in [1.82, 2.24) is 0 Å². The predicted octanol–water partition coefficient (Wildman–Crippen LogP) is 8.45. The molecule has 1 nitrogen and oxygen atoms in total. The molecule has 0 radical (unpaired) electrons. The first-order valence-electron chi connectivity index (χ1n) is 9.07. The maximum absolute atomic E-state index is 10.1. The van der Waals surface area contributed by atoms with Crippen LogP contribution in [0.15, 0.2) is 54.6 Å². The molecule has 0 fully saturated rings. The summed E-state index contributed by atoms with van der Waals surface area (Å²) in [6, 6.07) is 17.7. The van der Waals surface area contributed by atoms with Crippen LogP contribution in [0.25, 0.3) is 0 Å². The number of rotatable bonds is 2. The first kappa shape index (κ1) is 34.7. The summed E-state index contributed by atoms with van der Waals surface area (Å²) in [5.41, 5.74) is 3.08. The quantitative estimate of drug-likeness (QED) is 0.576. The maximum atomic E-state index is 10.1. The lowest BCUT2D eigenvalue weighted by atomic mass is 10.0. The molecule has 1 heteroatoms. The minimum atomic E-state index is -0.521. The maximum Gasteiger partial charge on any atom is 0.104 e. The molecule has 148 valence electrons. The van der Waals surface area contributed by atoms with Gasteiger partial charge in [0.05, 0.1) is 0 Å². The van der Waals surface area contributed by atoms with Crippen LogP contribution in [-0.4, -0.2) is 5.11 Å². The van der Waals surface area contributed by atoms with Gasteiger partial charge in [-0.1, -0.05) is 130 Å². The summed E-state index contributed by atoms with van der Waals surface area (Å²) in [4.78, 5) is 0. The average molecular weight is 351 g/mol. The van der Waals surface area contributed by atoms with Crippen molar-refractivity contribution in [2.45, 2.75) is 83.3 Å². The largest absolute Gasteiger partial charge is 0.384 e. The molecule has 2 rings (SSSR count). The third-order valence-corrected chi connectivity index (χ3v) is 2.51. The molecule has 1 unspecified atom stereocenters. The van der Waals surface area contributed by atoms with Crippen molar-refractivity contribution in [3.05, 3.63) is 71.3 Å². The van der Waals surface area contributed by atoms with Crippen molar-refractivity contribution in [2.75, 3.05) is 0 Å². The highest BCUT2D eigenvalue weighted by Gasteiger charge is 2.08. The average Bonchev–Trinajstić information content (AvgIpc) is 2.69. The molecule has 0 amide bonds. The van der Waals surface area contributed by atoms with E-state index in [0.717, 1.165) is 11.1 Å². The van der Waals surface area contributed by atoms with E-state index >= 15 is 0 Å². The number of benzene rings is 2. The standard InChI is InChI=1S/C14H14O.4C2H6.2CH4/c1-11-7-9-13(10-8-11)14(15)12-5-3-2-4-6-12;4*1-2;;/h2-10,14-15H,1H3;4*1-2H3;2*1H4. The van der Waals surface area contributed by atoms with Crippen LogP contribution in [0.1, 0.15) is 93.0 Å². The molecule has 2 aromatic carbocycles. The second kappa shape index (κ2) is 27.3. The van der Waals surface area contributed by atoms with Crippen LogP contribution < -0.4 is 0 Å². The molecule has 1 atom stereocenters. The SMILES string of the molecule is C.C.CC.CC.CC.CC.Cc1ccc(C(O)c2ccccc2)cc1. The number of hydrogen-bond acceptors (Lipinski definition) is 1. The molecule has 0 aromatic heterocycles. The summed E-state index contributed by atoms with van der Waals surface area (Å²) in [5, 5.41) is 10.1. The number of aliphatic hydroxyl groups is 1. The van der Waals surface area contributed by atoms with E-state index in [1.807, 2.05) is 117 Å². The van der Waals surface area contributed by atoms with Crippen molar-refractivity contribution < 1.29 is 5.11 Å². The lowest BCUT2D eigenvalue weighted by Crippen LogP contribution is -1.98. The molecule has 0 heterocycles. The molecule has 0 saturated carbocycles. The number of aliphatic hydroxyl groups excluding tert-OH is 1. The van der Waals surface area contributed by atoms with E-state index in [0.29, 0.717) is 0 Å². The van der Waals surface area contributed by atoms with Gasteiger partial charge in [-0.25, -0.2) is 0 Å². The van der Waals surface area contributed by atoms with E-state index < -0.39 is 6.10 Å². The zero-order valence-electron chi connectivity index (χ0n) is 16.7. The molecule has 1 N–H and O–H groups in total. The van der Waals surface area contributed by atoms with Crippen molar-refractivity contribution in [3.8, 4) is 0 Å². The second-order valence-electron chi connectivity index (χ2n) is 3.72. The predicted molar refractivity (Wildman–Crippen MR) is 121 cm³/mol. The van der Waals surface area contributed by atoms with Gasteiger partial charge in [-0.3, -0.25) is 0 Å².